The Morgan fingerprint density at radius 3 is 2.22 bits per heavy atom. The molecule has 0 aliphatic rings. The van der Waals surface area contributed by atoms with Gasteiger partial charge in [-0.3, -0.25) is 0 Å². The highest BCUT2D eigenvalue weighted by Gasteiger charge is 2.62. The Hall–Kier alpha value is -1.57. The third kappa shape index (κ3) is 2.47. The number of alkyl halides is 5. The van der Waals surface area contributed by atoms with Crippen LogP contribution in [0.1, 0.15) is 11.6 Å². The Balaban J connectivity index is 3.22. The van der Waals surface area contributed by atoms with Gasteiger partial charge in [0.1, 0.15) is 17.5 Å². The second kappa shape index (κ2) is 4.60. The normalized spacial score (nSPS) is 14.4. The topological polar surface area (TPSA) is 55.5 Å². The molecule has 102 valence electrons. The van der Waals surface area contributed by atoms with E-state index in [2.05, 4.69) is 4.74 Å². The molecule has 0 spiro atoms. The first kappa shape index (κ1) is 14.5. The van der Waals surface area contributed by atoms with Gasteiger partial charge in [-0.2, -0.15) is 22.0 Å². The Bertz CT molecular complexity index is 433. The molecule has 1 rings (SSSR count). The van der Waals surface area contributed by atoms with E-state index in [9.17, 15) is 27.1 Å². The summed E-state index contributed by atoms with van der Waals surface area (Å²) in [6.45, 7) is 0. The quantitative estimate of drug-likeness (QED) is 0.831. The zero-order chi connectivity index (χ0) is 14.1. The summed E-state index contributed by atoms with van der Waals surface area (Å²) in [5, 5.41) is 9.29. The lowest BCUT2D eigenvalue weighted by molar-refractivity contribution is -0.291. The van der Waals surface area contributed by atoms with E-state index in [0.29, 0.717) is 0 Å². The summed E-state index contributed by atoms with van der Waals surface area (Å²) in [4.78, 5) is 0. The van der Waals surface area contributed by atoms with Crippen molar-refractivity contribution < 1.29 is 31.8 Å². The van der Waals surface area contributed by atoms with E-state index in [-0.39, 0.29) is 5.75 Å². The molecule has 0 heterocycles. The molecule has 0 amide bonds. The van der Waals surface area contributed by atoms with Gasteiger partial charge in [0.05, 0.1) is 7.11 Å². The summed E-state index contributed by atoms with van der Waals surface area (Å²) in [6, 6.07) is 0.254. The predicted molar refractivity (Wildman–Crippen MR) is 52.6 cm³/mol. The number of phenolic OH excluding ortho intramolecular Hbond substituents is 1. The van der Waals surface area contributed by atoms with Gasteiger partial charge in [-0.05, 0) is 18.2 Å². The van der Waals surface area contributed by atoms with E-state index < -0.39 is 29.5 Å². The van der Waals surface area contributed by atoms with Gasteiger partial charge in [0, 0.05) is 5.56 Å². The highest BCUT2D eigenvalue weighted by Crippen LogP contribution is 2.45. The van der Waals surface area contributed by atoms with E-state index in [1.54, 1.807) is 0 Å². The first-order chi connectivity index (χ1) is 8.11. The molecule has 1 aromatic rings. The largest absolute Gasteiger partial charge is 0.508 e. The number of aromatic hydroxyl groups is 1. The average molecular weight is 271 g/mol. The third-order valence-electron chi connectivity index (χ3n) is 2.34. The highest BCUT2D eigenvalue weighted by atomic mass is 19.4. The Morgan fingerprint density at radius 1 is 1.22 bits per heavy atom. The summed E-state index contributed by atoms with van der Waals surface area (Å²) in [6.07, 6.45) is -5.80. The van der Waals surface area contributed by atoms with Crippen LogP contribution in [0.3, 0.4) is 0 Å². The van der Waals surface area contributed by atoms with Crippen molar-refractivity contribution in [2.75, 3.05) is 7.11 Å². The van der Waals surface area contributed by atoms with Crippen LogP contribution >= 0.6 is 0 Å². The first-order valence-corrected chi connectivity index (χ1v) is 4.68. The Morgan fingerprint density at radius 2 is 1.78 bits per heavy atom. The fourth-order valence-electron chi connectivity index (χ4n) is 1.28. The zero-order valence-electron chi connectivity index (χ0n) is 9.13. The van der Waals surface area contributed by atoms with Crippen molar-refractivity contribution in [2.45, 2.75) is 18.1 Å². The second-order valence-corrected chi connectivity index (χ2v) is 3.52. The Labute approximate surface area is 99.0 Å². The number of hydrogen-bond acceptors (Lipinski definition) is 3. The molecule has 0 aliphatic carbocycles. The number of methoxy groups -OCH3 is 1. The minimum atomic E-state index is -5.80. The number of ether oxygens (including phenoxy) is 1. The molecule has 0 saturated heterocycles. The fourth-order valence-corrected chi connectivity index (χ4v) is 1.28. The minimum Gasteiger partial charge on any atom is -0.508 e. The van der Waals surface area contributed by atoms with Gasteiger partial charge in [-0.15, -0.1) is 0 Å². The van der Waals surface area contributed by atoms with Crippen molar-refractivity contribution in [3.05, 3.63) is 23.8 Å². The average Bonchev–Trinajstić information content (AvgIpc) is 2.27. The molecule has 1 aromatic carbocycles. The van der Waals surface area contributed by atoms with Gasteiger partial charge < -0.3 is 15.6 Å². The number of phenols is 1. The molecule has 18 heavy (non-hydrogen) atoms. The molecule has 8 heteroatoms. The molecule has 0 fully saturated rings. The summed E-state index contributed by atoms with van der Waals surface area (Å²) in [5.74, 6) is -5.90. The van der Waals surface area contributed by atoms with Gasteiger partial charge in [-0.1, -0.05) is 0 Å². The standard InChI is InChI=1S/C10H10F5NO2/c1-18-5-2-3-7(17)6(4-5)8(16)9(11,12)10(13,14)15/h2-4,8,17H,16H2,1H3/t8-/m0/s1. The summed E-state index contributed by atoms with van der Waals surface area (Å²) in [5.41, 5.74) is 4.16. The van der Waals surface area contributed by atoms with Crippen LogP contribution in [-0.4, -0.2) is 24.3 Å². The number of rotatable bonds is 3. The number of hydrogen-bond donors (Lipinski definition) is 2. The molecule has 0 unspecified atom stereocenters. The van der Waals surface area contributed by atoms with Crippen LogP contribution in [0.15, 0.2) is 18.2 Å². The van der Waals surface area contributed by atoms with Crippen LogP contribution in [0.25, 0.3) is 0 Å². The SMILES string of the molecule is COc1ccc(O)c([C@H](N)C(F)(F)C(F)(F)F)c1. The highest BCUT2D eigenvalue weighted by molar-refractivity contribution is 5.42. The van der Waals surface area contributed by atoms with E-state index in [1.807, 2.05) is 0 Å². The monoisotopic (exact) mass is 271 g/mol. The third-order valence-corrected chi connectivity index (χ3v) is 2.34. The van der Waals surface area contributed by atoms with Crippen LogP contribution in [-0.2, 0) is 0 Å². The van der Waals surface area contributed by atoms with Crippen molar-refractivity contribution in [1.29, 1.82) is 0 Å². The van der Waals surface area contributed by atoms with Gasteiger partial charge in [0.2, 0.25) is 0 Å². The van der Waals surface area contributed by atoms with E-state index in [0.717, 1.165) is 12.1 Å². The van der Waals surface area contributed by atoms with Gasteiger partial charge in [-0.25, -0.2) is 0 Å². The van der Waals surface area contributed by atoms with Gasteiger partial charge in [0.15, 0.2) is 0 Å². The molecule has 0 aliphatic heterocycles. The molecule has 0 radical (unpaired) electrons. The number of halogens is 5. The fraction of sp³-hybridized carbons (Fsp3) is 0.400. The van der Waals surface area contributed by atoms with Crippen molar-refractivity contribution in [1.82, 2.24) is 0 Å². The molecule has 0 aromatic heterocycles. The maximum Gasteiger partial charge on any atom is 0.455 e. The summed E-state index contributed by atoms with van der Waals surface area (Å²) >= 11 is 0. The Kier molecular flexibility index (Phi) is 3.70. The van der Waals surface area contributed by atoms with Gasteiger partial charge >= 0.3 is 12.1 Å². The number of benzene rings is 1. The van der Waals surface area contributed by atoms with E-state index >= 15 is 0 Å². The van der Waals surface area contributed by atoms with Crippen molar-refractivity contribution >= 4 is 0 Å². The molecule has 1 atom stereocenters. The van der Waals surface area contributed by atoms with Crippen molar-refractivity contribution in [3.8, 4) is 11.5 Å². The van der Waals surface area contributed by atoms with E-state index in [1.165, 1.54) is 13.2 Å². The summed E-state index contributed by atoms with van der Waals surface area (Å²) in [7, 11) is 1.20. The smallest absolute Gasteiger partial charge is 0.455 e. The zero-order valence-corrected chi connectivity index (χ0v) is 9.13. The molecule has 3 nitrogen and oxygen atoms in total. The maximum absolute atomic E-state index is 13.0. The number of nitrogens with two attached hydrogens (primary N) is 1. The summed E-state index contributed by atoms with van der Waals surface area (Å²) < 4.78 is 67.1. The minimum absolute atomic E-state index is 0.0104. The van der Waals surface area contributed by atoms with Gasteiger partial charge in [0.25, 0.3) is 0 Å². The lowest BCUT2D eigenvalue weighted by Crippen LogP contribution is -2.45. The van der Waals surface area contributed by atoms with Crippen molar-refractivity contribution in [2.24, 2.45) is 5.73 Å². The maximum atomic E-state index is 13.0. The lowest BCUT2D eigenvalue weighted by atomic mass is 9.99. The molecular weight excluding hydrogens is 261 g/mol. The van der Waals surface area contributed by atoms with Crippen LogP contribution in [0.4, 0.5) is 22.0 Å². The molecule has 0 bridgehead atoms. The predicted octanol–water partition coefficient (Wildman–Crippen LogP) is 2.60. The molecule has 3 N–H and O–H groups in total. The van der Waals surface area contributed by atoms with Crippen LogP contribution in [0.5, 0.6) is 11.5 Å². The van der Waals surface area contributed by atoms with Crippen molar-refractivity contribution in [3.63, 3.8) is 0 Å². The van der Waals surface area contributed by atoms with Crippen LogP contribution in [0.2, 0.25) is 0 Å². The molecule has 0 saturated carbocycles. The lowest BCUT2D eigenvalue weighted by Gasteiger charge is -2.26. The van der Waals surface area contributed by atoms with Crippen LogP contribution < -0.4 is 10.5 Å². The second-order valence-electron chi connectivity index (χ2n) is 3.52. The molecular formula is C10H10F5NO2. The first-order valence-electron chi connectivity index (χ1n) is 4.68. The van der Waals surface area contributed by atoms with E-state index in [4.69, 9.17) is 5.73 Å². The van der Waals surface area contributed by atoms with Crippen LogP contribution in [0, 0.1) is 0 Å².